The molecule has 1 aromatic heterocycles. The summed E-state index contributed by atoms with van der Waals surface area (Å²) < 4.78 is 4.45. The first-order chi connectivity index (χ1) is 12.2. The highest BCUT2D eigenvalue weighted by Gasteiger charge is 2.22. The lowest BCUT2D eigenvalue weighted by Gasteiger charge is -2.08. The molecule has 0 atom stereocenters. The predicted octanol–water partition coefficient (Wildman–Crippen LogP) is 3.66. The SMILES string of the molecule is COC(=O)NC(=O)c1c(NC(=O)Cc2ccc(C)c(C)c2)sc(C)c1C. The van der Waals surface area contributed by atoms with Crippen LogP contribution in [0.3, 0.4) is 0 Å². The van der Waals surface area contributed by atoms with E-state index in [1.54, 1.807) is 6.92 Å². The summed E-state index contributed by atoms with van der Waals surface area (Å²) in [5.41, 5.74) is 4.19. The van der Waals surface area contributed by atoms with Crippen molar-refractivity contribution in [3.63, 3.8) is 0 Å². The zero-order chi connectivity index (χ0) is 19.4. The highest BCUT2D eigenvalue weighted by Crippen LogP contribution is 2.32. The number of carbonyl (C=O) groups excluding carboxylic acids is 3. The van der Waals surface area contributed by atoms with E-state index < -0.39 is 12.0 Å². The van der Waals surface area contributed by atoms with Crippen LogP contribution in [0.4, 0.5) is 9.80 Å². The molecule has 0 aliphatic carbocycles. The van der Waals surface area contributed by atoms with Gasteiger partial charge in [0.05, 0.1) is 19.1 Å². The number of imide groups is 1. The van der Waals surface area contributed by atoms with E-state index in [4.69, 9.17) is 0 Å². The minimum Gasteiger partial charge on any atom is -0.453 e. The van der Waals surface area contributed by atoms with Gasteiger partial charge in [0.2, 0.25) is 5.91 Å². The van der Waals surface area contributed by atoms with E-state index in [9.17, 15) is 14.4 Å². The van der Waals surface area contributed by atoms with E-state index in [0.29, 0.717) is 5.00 Å². The van der Waals surface area contributed by atoms with Gasteiger partial charge in [-0.25, -0.2) is 4.79 Å². The third kappa shape index (κ3) is 4.49. The van der Waals surface area contributed by atoms with E-state index in [0.717, 1.165) is 21.6 Å². The fraction of sp³-hybridized carbons (Fsp3) is 0.316. The Morgan fingerprint density at radius 1 is 1.08 bits per heavy atom. The summed E-state index contributed by atoms with van der Waals surface area (Å²) >= 11 is 1.30. The number of carbonyl (C=O) groups is 3. The number of benzene rings is 1. The second kappa shape index (κ2) is 8.14. The van der Waals surface area contributed by atoms with E-state index >= 15 is 0 Å². The number of alkyl carbamates (subject to hydrolysis) is 1. The third-order valence-corrected chi connectivity index (χ3v) is 5.32. The van der Waals surface area contributed by atoms with Gasteiger partial charge in [-0.1, -0.05) is 18.2 Å². The number of methoxy groups -OCH3 is 1. The molecule has 0 unspecified atom stereocenters. The number of nitrogens with one attached hydrogen (secondary N) is 2. The monoisotopic (exact) mass is 374 g/mol. The van der Waals surface area contributed by atoms with Gasteiger partial charge in [-0.3, -0.25) is 14.9 Å². The molecule has 3 amide bonds. The Morgan fingerprint density at radius 3 is 2.38 bits per heavy atom. The van der Waals surface area contributed by atoms with Crippen LogP contribution < -0.4 is 10.6 Å². The Hall–Kier alpha value is -2.67. The summed E-state index contributed by atoms with van der Waals surface area (Å²) in [6.07, 6.45) is -0.638. The Bertz CT molecular complexity index is 871. The number of ether oxygens (including phenoxy) is 1. The number of thiophene rings is 1. The van der Waals surface area contributed by atoms with Crippen molar-refractivity contribution in [1.82, 2.24) is 5.32 Å². The van der Waals surface area contributed by atoms with Crippen LogP contribution in [0.5, 0.6) is 0 Å². The summed E-state index contributed by atoms with van der Waals surface area (Å²) in [4.78, 5) is 37.0. The lowest BCUT2D eigenvalue weighted by molar-refractivity contribution is -0.115. The summed E-state index contributed by atoms with van der Waals surface area (Å²) in [7, 11) is 1.18. The topological polar surface area (TPSA) is 84.5 Å². The first kappa shape index (κ1) is 19.7. The first-order valence-electron chi connectivity index (χ1n) is 8.08. The smallest absolute Gasteiger partial charge is 0.413 e. The van der Waals surface area contributed by atoms with Gasteiger partial charge in [-0.15, -0.1) is 11.3 Å². The minimum atomic E-state index is -0.842. The van der Waals surface area contributed by atoms with E-state index in [-0.39, 0.29) is 17.9 Å². The van der Waals surface area contributed by atoms with Crippen molar-refractivity contribution < 1.29 is 19.1 Å². The molecule has 0 aliphatic heterocycles. The molecule has 0 fully saturated rings. The van der Waals surface area contributed by atoms with Crippen LogP contribution in [0.1, 0.15) is 37.5 Å². The second-order valence-electron chi connectivity index (χ2n) is 6.08. The van der Waals surface area contributed by atoms with Gasteiger partial charge in [-0.05, 0) is 49.9 Å². The lowest BCUT2D eigenvalue weighted by atomic mass is 10.0. The molecule has 2 aromatic rings. The van der Waals surface area contributed by atoms with Gasteiger partial charge < -0.3 is 10.1 Å². The van der Waals surface area contributed by atoms with Crippen molar-refractivity contribution in [1.29, 1.82) is 0 Å². The average molecular weight is 374 g/mol. The summed E-state index contributed by atoms with van der Waals surface area (Å²) in [6.45, 7) is 7.64. The molecular weight excluding hydrogens is 352 g/mol. The standard InChI is InChI=1S/C19H22N2O4S/c1-10-6-7-14(8-11(10)2)9-15(22)20-18-16(12(3)13(4)26-18)17(23)21-19(24)25-5/h6-8H,9H2,1-5H3,(H,20,22)(H,21,23,24). The zero-order valence-corrected chi connectivity index (χ0v) is 16.3. The van der Waals surface area contributed by atoms with E-state index in [2.05, 4.69) is 15.4 Å². The molecule has 7 heteroatoms. The Kier molecular flexibility index (Phi) is 6.15. The lowest BCUT2D eigenvalue weighted by Crippen LogP contribution is -2.31. The van der Waals surface area contributed by atoms with Gasteiger partial charge in [0, 0.05) is 4.88 Å². The molecule has 26 heavy (non-hydrogen) atoms. The third-order valence-electron chi connectivity index (χ3n) is 4.20. The van der Waals surface area contributed by atoms with Crippen LogP contribution in [0, 0.1) is 27.7 Å². The second-order valence-corrected chi connectivity index (χ2v) is 7.30. The quantitative estimate of drug-likeness (QED) is 0.855. The van der Waals surface area contributed by atoms with Crippen molar-refractivity contribution in [3.8, 4) is 0 Å². The van der Waals surface area contributed by atoms with Crippen LogP contribution in [0.25, 0.3) is 0 Å². The number of hydrogen-bond donors (Lipinski definition) is 2. The van der Waals surface area contributed by atoms with Crippen molar-refractivity contribution >= 4 is 34.2 Å². The van der Waals surface area contributed by atoms with Gasteiger partial charge in [0.25, 0.3) is 5.91 Å². The van der Waals surface area contributed by atoms with Crippen LogP contribution in [0.2, 0.25) is 0 Å². The van der Waals surface area contributed by atoms with E-state index in [1.807, 2.05) is 39.0 Å². The maximum Gasteiger partial charge on any atom is 0.413 e. The molecule has 1 heterocycles. The number of rotatable bonds is 4. The van der Waals surface area contributed by atoms with Gasteiger partial charge >= 0.3 is 6.09 Å². The van der Waals surface area contributed by atoms with Crippen molar-refractivity contribution in [3.05, 3.63) is 50.9 Å². The van der Waals surface area contributed by atoms with Crippen molar-refractivity contribution in [2.75, 3.05) is 12.4 Å². The van der Waals surface area contributed by atoms with Crippen molar-refractivity contribution in [2.24, 2.45) is 0 Å². The molecule has 0 saturated heterocycles. The molecule has 0 spiro atoms. The number of amides is 3. The maximum absolute atomic E-state index is 12.4. The normalized spacial score (nSPS) is 10.3. The Balaban J connectivity index is 2.19. The number of anilines is 1. The first-order valence-corrected chi connectivity index (χ1v) is 8.89. The minimum absolute atomic E-state index is 0.204. The molecule has 0 bridgehead atoms. The molecule has 0 saturated carbocycles. The Morgan fingerprint density at radius 2 is 1.77 bits per heavy atom. The molecular formula is C19H22N2O4S. The van der Waals surface area contributed by atoms with Gasteiger partial charge in [0.15, 0.2) is 0 Å². The van der Waals surface area contributed by atoms with E-state index in [1.165, 1.54) is 24.0 Å². The predicted molar refractivity (Wildman–Crippen MR) is 102 cm³/mol. The Labute approximate surface area is 156 Å². The highest BCUT2D eigenvalue weighted by molar-refractivity contribution is 7.16. The summed E-state index contributed by atoms with van der Waals surface area (Å²) in [5, 5.41) is 5.35. The molecule has 1 aromatic carbocycles. The van der Waals surface area contributed by atoms with Crippen LogP contribution in [-0.2, 0) is 16.0 Å². The largest absolute Gasteiger partial charge is 0.453 e. The van der Waals surface area contributed by atoms with Crippen LogP contribution >= 0.6 is 11.3 Å². The van der Waals surface area contributed by atoms with Gasteiger partial charge in [-0.2, -0.15) is 0 Å². The molecule has 2 N–H and O–H groups in total. The molecule has 2 rings (SSSR count). The highest BCUT2D eigenvalue weighted by atomic mass is 32.1. The fourth-order valence-electron chi connectivity index (χ4n) is 2.46. The summed E-state index contributed by atoms with van der Waals surface area (Å²) in [6, 6.07) is 5.87. The molecule has 0 aliphatic rings. The molecule has 6 nitrogen and oxygen atoms in total. The van der Waals surface area contributed by atoms with Crippen LogP contribution in [-0.4, -0.2) is 25.0 Å². The zero-order valence-electron chi connectivity index (χ0n) is 15.5. The van der Waals surface area contributed by atoms with Crippen molar-refractivity contribution in [2.45, 2.75) is 34.1 Å². The molecule has 0 radical (unpaired) electrons. The van der Waals surface area contributed by atoms with Gasteiger partial charge in [0.1, 0.15) is 5.00 Å². The number of aryl methyl sites for hydroxylation is 3. The maximum atomic E-state index is 12.4. The molecule has 138 valence electrons. The number of hydrogen-bond acceptors (Lipinski definition) is 5. The summed E-state index contributed by atoms with van der Waals surface area (Å²) in [5.74, 6) is -0.818. The fourth-order valence-corrected chi connectivity index (χ4v) is 3.54. The van der Waals surface area contributed by atoms with Crippen LogP contribution in [0.15, 0.2) is 18.2 Å². The average Bonchev–Trinajstić information content (AvgIpc) is 2.84.